The van der Waals surface area contributed by atoms with Gasteiger partial charge in [-0.15, -0.1) is 11.3 Å². The molecule has 8 heteroatoms. The standard InChI is InChI=1S/C20H28N4O3S/c1-5-13(3)22-18(26)17-14(4)16-19(28-17)21-11-24(20(16)27)10-15(25)23-8-6-7-12(2)9-23/h11-13H,5-10H2,1-4H3,(H,22,26). The lowest BCUT2D eigenvalue weighted by Gasteiger charge is -2.31. The molecule has 0 aliphatic carbocycles. The molecule has 28 heavy (non-hydrogen) atoms. The number of nitrogens with zero attached hydrogens (tertiary/aromatic N) is 3. The molecule has 2 atom stereocenters. The minimum atomic E-state index is -0.264. The molecule has 1 aliphatic rings. The van der Waals surface area contributed by atoms with Crippen LogP contribution in [0.5, 0.6) is 0 Å². The Hall–Kier alpha value is -2.22. The molecule has 1 saturated heterocycles. The van der Waals surface area contributed by atoms with Crippen molar-refractivity contribution in [1.29, 1.82) is 0 Å². The fourth-order valence-electron chi connectivity index (χ4n) is 3.54. The van der Waals surface area contributed by atoms with E-state index in [0.29, 0.717) is 26.6 Å². The molecule has 1 N–H and O–H groups in total. The number of carbonyl (C=O) groups excluding carboxylic acids is 2. The Morgan fingerprint density at radius 2 is 2.18 bits per heavy atom. The summed E-state index contributed by atoms with van der Waals surface area (Å²) in [6.07, 6.45) is 4.38. The number of hydrogen-bond acceptors (Lipinski definition) is 5. The van der Waals surface area contributed by atoms with E-state index in [0.717, 1.165) is 32.4 Å². The lowest BCUT2D eigenvalue weighted by molar-refractivity contribution is -0.133. The van der Waals surface area contributed by atoms with Crippen LogP contribution in [0.4, 0.5) is 0 Å². The topological polar surface area (TPSA) is 84.3 Å². The first kappa shape index (κ1) is 20.5. The fourth-order valence-corrected chi connectivity index (χ4v) is 4.58. The molecule has 2 unspecified atom stereocenters. The summed E-state index contributed by atoms with van der Waals surface area (Å²) in [6, 6.07) is 0.0614. The lowest BCUT2D eigenvalue weighted by Crippen LogP contribution is -2.42. The highest BCUT2D eigenvalue weighted by molar-refractivity contribution is 7.20. The number of amides is 2. The van der Waals surface area contributed by atoms with Crippen LogP contribution in [0, 0.1) is 12.8 Å². The average Bonchev–Trinajstić information content (AvgIpc) is 3.01. The molecule has 0 bridgehead atoms. The van der Waals surface area contributed by atoms with Crippen LogP contribution in [-0.4, -0.2) is 45.4 Å². The average molecular weight is 405 g/mol. The summed E-state index contributed by atoms with van der Waals surface area (Å²) in [5.74, 6) is 0.248. The van der Waals surface area contributed by atoms with E-state index in [1.54, 1.807) is 6.92 Å². The monoisotopic (exact) mass is 404 g/mol. The Morgan fingerprint density at radius 1 is 1.43 bits per heavy atom. The van der Waals surface area contributed by atoms with Crippen molar-refractivity contribution in [3.05, 3.63) is 27.1 Å². The zero-order chi connectivity index (χ0) is 20.4. The third-order valence-corrected chi connectivity index (χ3v) is 6.63. The second kappa shape index (κ2) is 8.43. The van der Waals surface area contributed by atoms with Gasteiger partial charge in [-0.1, -0.05) is 13.8 Å². The second-order valence-electron chi connectivity index (χ2n) is 7.78. The number of aryl methyl sites for hydroxylation is 1. The molecule has 1 fully saturated rings. The van der Waals surface area contributed by atoms with Crippen LogP contribution in [0.1, 0.15) is 55.3 Å². The largest absolute Gasteiger partial charge is 0.349 e. The van der Waals surface area contributed by atoms with Crippen molar-refractivity contribution in [3.8, 4) is 0 Å². The highest BCUT2D eigenvalue weighted by atomic mass is 32.1. The number of likely N-dealkylation sites (tertiary alicyclic amines) is 1. The molecular formula is C20H28N4O3S. The van der Waals surface area contributed by atoms with Crippen molar-refractivity contribution < 1.29 is 9.59 Å². The number of hydrogen-bond donors (Lipinski definition) is 1. The summed E-state index contributed by atoms with van der Waals surface area (Å²) in [4.78, 5) is 45.3. The molecule has 0 saturated carbocycles. The van der Waals surface area contributed by atoms with E-state index in [1.165, 1.54) is 22.2 Å². The number of thiophene rings is 1. The molecule has 0 spiro atoms. The molecule has 2 aromatic heterocycles. The van der Waals surface area contributed by atoms with Gasteiger partial charge in [0.25, 0.3) is 11.5 Å². The summed E-state index contributed by atoms with van der Waals surface area (Å²) in [5.41, 5.74) is 0.367. The van der Waals surface area contributed by atoms with E-state index in [9.17, 15) is 14.4 Å². The number of nitrogens with one attached hydrogen (secondary N) is 1. The number of aromatic nitrogens is 2. The molecule has 3 heterocycles. The highest BCUT2D eigenvalue weighted by Crippen LogP contribution is 2.27. The van der Waals surface area contributed by atoms with Gasteiger partial charge in [0.1, 0.15) is 11.4 Å². The van der Waals surface area contributed by atoms with Crippen molar-refractivity contribution in [3.63, 3.8) is 0 Å². The molecule has 2 aromatic rings. The molecule has 3 rings (SSSR count). The number of fused-ring (bicyclic) bond motifs is 1. The van der Waals surface area contributed by atoms with Gasteiger partial charge in [0.05, 0.1) is 16.6 Å². The van der Waals surface area contributed by atoms with Crippen LogP contribution in [0.2, 0.25) is 0 Å². The smallest absolute Gasteiger partial charge is 0.262 e. The van der Waals surface area contributed by atoms with Crippen LogP contribution in [0.25, 0.3) is 10.2 Å². The molecule has 7 nitrogen and oxygen atoms in total. The van der Waals surface area contributed by atoms with Crippen molar-refractivity contribution in [2.75, 3.05) is 13.1 Å². The fraction of sp³-hybridized carbons (Fsp3) is 0.600. The van der Waals surface area contributed by atoms with Gasteiger partial charge in [-0.25, -0.2) is 4.98 Å². The van der Waals surface area contributed by atoms with Crippen LogP contribution >= 0.6 is 11.3 Å². The van der Waals surface area contributed by atoms with E-state index in [-0.39, 0.29) is 30.0 Å². The Kier molecular flexibility index (Phi) is 6.17. The SMILES string of the molecule is CCC(C)NC(=O)c1sc2ncn(CC(=O)N3CCCC(C)C3)c(=O)c2c1C. The number of rotatable bonds is 5. The van der Waals surface area contributed by atoms with Gasteiger partial charge in [-0.3, -0.25) is 19.0 Å². The maximum absolute atomic E-state index is 13.0. The highest BCUT2D eigenvalue weighted by Gasteiger charge is 2.23. The first-order valence-corrected chi connectivity index (χ1v) is 10.7. The molecule has 2 amide bonds. The van der Waals surface area contributed by atoms with E-state index in [2.05, 4.69) is 17.2 Å². The molecular weight excluding hydrogens is 376 g/mol. The summed E-state index contributed by atoms with van der Waals surface area (Å²) in [6.45, 7) is 9.32. The Labute approximate surface area is 168 Å². The summed E-state index contributed by atoms with van der Waals surface area (Å²) in [7, 11) is 0. The lowest BCUT2D eigenvalue weighted by atomic mass is 10.0. The van der Waals surface area contributed by atoms with Gasteiger partial charge in [0.15, 0.2) is 0 Å². The summed E-state index contributed by atoms with van der Waals surface area (Å²) >= 11 is 1.22. The van der Waals surface area contributed by atoms with Gasteiger partial charge < -0.3 is 10.2 Å². The van der Waals surface area contributed by atoms with E-state index < -0.39 is 0 Å². The van der Waals surface area contributed by atoms with Crippen LogP contribution in [0.3, 0.4) is 0 Å². The number of piperidine rings is 1. The Bertz CT molecular complexity index is 949. The van der Waals surface area contributed by atoms with Gasteiger partial charge in [-0.05, 0) is 44.6 Å². The zero-order valence-corrected chi connectivity index (χ0v) is 17.8. The van der Waals surface area contributed by atoms with Gasteiger partial charge in [0, 0.05) is 19.1 Å². The minimum absolute atomic E-state index is 0.0157. The summed E-state index contributed by atoms with van der Waals surface area (Å²) < 4.78 is 1.36. The van der Waals surface area contributed by atoms with Crippen molar-refractivity contribution in [1.82, 2.24) is 19.8 Å². The normalized spacial score (nSPS) is 18.3. The molecule has 0 aromatic carbocycles. The first-order chi connectivity index (χ1) is 13.3. The van der Waals surface area contributed by atoms with Crippen LogP contribution < -0.4 is 10.9 Å². The minimum Gasteiger partial charge on any atom is -0.349 e. The third kappa shape index (κ3) is 4.11. The zero-order valence-electron chi connectivity index (χ0n) is 16.9. The van der Waals surface area contributed by atoms with Crippen LogP contribution in [0.15, 0.2) is 11.1 Å². The molecule has 1 aliphatic heterocycles. The quantitative estimate of drug-likeness (QED) is 0.830. The Morgan fingerprint density at radius 3 is 2.86 bits per heavy atom. The predicted octanol–water partition coefficient (Wildman–Crippen LogP) is 2.55. The van der Waals surface area contributed by atoms with Gasteiger partial charge in [0.2, 0.25) is 5.91 Å². The van der Waals surface area contributed by atoms with E-state index in [1.807, 2.05) is 18.7 Å². The molecule has 152 valence electrons. The maximum atomic E-state index is 13.0. The first-order valence-electron chi connectivity index (χ1n) is 9.89. The van der Waals surface area contributed by atoms with Crippen molar-refractivity contribution in [2.45, 2.75) is 59.5 Å². The maximum Gasteiger partial charge on any atom is 0.262 e. The second-order valence-corrected chi connectivity index (χ2v) is 8.78. The molecule has 0 radical (unpaired) electrons. The number of carbonyl (C=O) groups is 2. The van der Waals surface area contributed by atoms with Crippen molar-refractivity contribution in [2.24, 2.45) is 5.92 Å². The third-order valence-electron chi connectivity index (χ3n) is 5.43. The van der Waals surface area contributed by atoms with E-state index in [4.69, 9.17) is 0 Å². The van der Waals surface area contributed by atoms with Gasteiger partial charge in [-0.2, -0.15) is 0 Å². The Balaban J connectivity index is 1.87. The van der Waals surface area contributed by atoms with Crippen LogP contribution in [-0.2, 0) is 11.3 Å². The summed E-state index contributed by atoms with van der Waals surface area (Å²) in [5, 5.41) is 3.37. The predicted molar refractivity (Wildman–Crippen MR) is 111 cm³/mol. The van der Waals surface area contributed by atoms with E-state index >= 15 is 0 Å². The van der Waals surface area contributed by atoms with Gasteiger partial charge >= 0.3 is 0 Å². The van der Waals surface area contributed by atoms with Crippen molar-refractivity contribution >= 4 is 33.4 Å².